The average Bonchev–Trinajstić information content (AvgIpc) is 3.22. The van der Waals surface area contributed by atoms with Crippen LogP contribution in [-0.4, -0.2) is 35.0 Å². The fourth-order valence-corrected chi connectivity index (χ4v) is 3.66. The van der Waals surface area contributed by atoms with Gasteiger partial charge in [-0.25, -0.2) is 0 Å². The SMILES string of the molecule is CCc1nnc(NC(=O)c2ccccc2NC(=O)c2cc(Cl)c(NC(C)=O)cc2OC)s1. The van der Waals surface area contributed by atoms with Crippen LogP contribution in [0.5, 0.6) is 5.75 Å². The zero-order valence-electron chi connectivity index (χ0n) is 17.5. The summed E-state index contributed by atoms with van der Waals surface area (Å²) in [6.45, 7) is 3.29. The number of carbonyl (C=O) groups is 3. The molecule has 32 heavy (non-hydrogen) atoms. The molecule has 0 atom stereocenters. The summed E-state index contributed by atoms with van der Waals surface area (Å²) in [6, 6.07) is 9.40. The number of anilines is 3. The number of hydrogen-bond donors (Lipinski definition) is 3. The summed E-state index contributed by atoms with van der Waals surface area (Å²) in [5.41, 5.74) is 0.989. The van der Waals surface area contributed by atoms with E-state index >= 15 is 0 Å². The fourth-order valence-electron chi connectivity index (χ4n) is 2.78. The van der Waals surface area contributed by atoms with E-state index in [0.29, 0.717) is 22.9 Å². The number of hydrogen-bond acceptors (Lipinski definition) is 7. The van der Waals surface area contributed by atoms with Crippen LogP contribution in [0.3, 0.4) is 0 Å². The molecule has 3 aromatic rings. The first-order valence-corrected chi connectivity index (χ1v) is 10.7. The first-order chi connectivity index (χ1) is 15.3. The Hall–Kier alpha value is -3.50. The molecule has 3 rings (SSSR count). The van der Waals surface area contributed by atoms with Gasteiger partial charge in [0.15, 0.2) is 0 Å². The van der Waals surface area contributed by atoms with Crippen LogP contribution in [-0.2, 0) is 11.2 Å². The maximum absolute atomic E-state index is 13.0. The number of aryl methyl sites for hydroxylation is 1. The van der Waals surface area contributed by atoms with Crippen molar-refractivity contribution in [3.8, 4) is 5.75 Å². The highest BCUT2D eigenvalue weighted by atomic mass is 35.5. The lowest BCUT2D eigenvalue weighted by Crippen LogP contribution is -2.19. The van der Waals surface area contributed by atoms with Crippen LogP contribution in [0.1, 0.15) is 39.6 Å². The van der Waals surface area contributed by atoms with Gasteiger partial charge in [0, 0.05) is 13.0 Å². The summed E-state index contributed by atoms with van der Waals surface area (Å²) in [5, 5.41) is 17.2. The summed E-state index contributed by atoms with van der Waals surface area (Å²) < 4.78 is 5.29. The standard InChI is InChI=1S/C21H20ClN5O4S/c1-4-18-26-27-21(32-18)25-19(29)12-7-5-6-8-15(12)24-20(30)13-9-14(22)16(23-11(2)28)10-17(13)31-3/h5-10H,4H2,1-3H3,(H,23,28)(H,24,30)(H,25,27,29). The molecular weight excluding hydrogens is 454 g/mol. The van der Waals surface area contributed by atoms with Crippen molar-refractivity contribution in [3.63, 3.8) is 0 Å². The second-order valence-corrected chi connectivity index (χ2v) is 7.99. The van der Waals surface area contributed by atoms with Crippen LogP contribution in [0.15, 0.2) is 36.4 Å². The second kappa shape index (κ2) is 10.2. The number of para-hydroxylation sites is 1. The molecule has 0 aliphatic carbocycles. The Morgan fingerprint density at radius 3 is 2.38 bits per heavy atom. The number of rotatable bonds is 7. The molecule has 0 spiro atoms. The molecule has 3 amide bonds. The molecule has 11 heteroatoms. The quantitative estimate of drug-likeness (QED) is 0.472. The summed E-state index contributed by atoms with van der Waals surface area (Å²) in [7, 11) is 1.39. The van der Waals surface area contributed by atoms with E-state index in [2.05, 4.69) is 26.1 Å². The van der Waals surface area contributed by atoms with Crippen LogP contribution in [0.2, 0.25) is 5.02 Å². The minimum Gasteiger partial charge on any atom is -0.496 e. The van der Waals surface area contributed by atoms with E-state index in [0.717, 1.165) is 5.01 Å². The Labute approximate surface area is 193 Å². The number of nitrogens with one attached hydrogen (secondary N) is 3. The number of halogens is 1. The predicted octanol–water partition coefficient (Wildman–Crippen LogP) is 4.23. The molecular formula is C21H20ClN5O4S. The molecule has 0 fully saturated rings. The highest BCUT2D eigenvalue weighted by molar-refractivity contribution is 7.15. The lowest BCUT2D eigenvalue weighted by atomic mass is 10.1. The monoisotopic (exact) mass is 473 g/mol. The van der Waals surface area contributed by atoms with Crippen LogP contribution in [0.25, 0.3) is 0 Å². The normalized spacial score (nSPS) is 10.4. The van der Waals surface area contributed by atoms with Gasteiger partial charge in [-0.05, 0) is 24.6 Å². The van der Waals surface area contributed by atoms with E-state index in [1.54, 1.807) is 24.3 Å². The summed E-state index contributed by atoms with van der Waals surface area (Å²) in [6.07, 6.45) is 0.714. The number of benzene rings is 2. The smallest absolute Gasteiger partial charge is 0.259 e. The molecule has 0 unspecified atom stereocenters. The Morgan fingerprint density at radius 2 is 1.72 bits per heavy atom. The zero-order valence-corrected chi connectivity index (χ0v) is 19.1. The van der Waals surface area contributed by atoms with Crippen LogP contribution in [0.4, 0.5) is 16.5 Å². The number of methoxy groups -OCH3 is 1. The van der Waals surface area contributed by atoms with Crippen molar-refractivity contribution in [2.24, 2.45) is 0 Å². The lowest BCUT2D eigenvalue weighted by Gasteiger charge is -2.14. The summed E-state index contributed by atoms with van der Waals surface area (Å²) >= 11 is 7.49. The van der Waals surface area contributed by atoms with E-state index in [-0.39, 0.29) is 27.8 Å². The van der Waals surface area contributed by atoms with Crippen molar-refractivity contribution in [2.45, 2.75) is 20.3 Å². The predicted molar refractivity (Wildman–Crippen MR) is 124 cm³/mol. The average molecular weight is 474 g/mol. The molecule has 9 nitrogen and oxygen atoms in total. The molecule has 166 valence electrons. The second-order valence-electron chi connectivity index (χ2n) is 6.52. The van der Waals surface area contributed by atoms with Gasteiger partial charge in [-0.1, -0.05) is 42.0 Å². The zero-order chi connectivity index (χ0) is 23.3. The number of ether oxygens (including phenoxy) is 1. The molecule has 0 saturated heterocycles. The number of amides is 3. The molecule has 0 aliphatic heterocycles. The first-order valence-electron chi connectivity index (χ1n) is 9.51. The van der Waals surface area contributed by atoms with Crippen molar-refractivity contribution >= 4 is 57.2 Å². The Morgan fingerprint density at radius 1 is 1.00 bits per heavy atom. The van der Waals surface area contributed by atoms with E-state index in [1.165, 1.54) is 37.5 Å². The topological polar surface area (TPSA) is 122 Å². The fraction of sp³-hybridized carbons (Fsp3) is 0.190. The highest BCUT2D eigenvalue weighted by Crippen LogP contribution is 2.32. The van der Waals surface area contributed by atoms with Gasteiger partial charge in [-0.15, -0.1) is 10.2 Å². The third-order valence-corrected chi connectivity index (χ3v) is 5.55. The third-order valence-electron chi connectivity index (χ3n) is 4.25. The molecule has 1 heterocycles. The van der Waals surface area contributed by atoms with Crippen molar-refractivity contribution in [1.82, 2.24) is 10.2 Å². The van der Waals surface area contributed by atoms with Crippen molar-refractivity contribution in [3.05, 3.63) is 57.6 Å². The maximum Gasteiger partial charge on any atom is 0.259 e. The molecule has 0 bridgehead atoms. The van der Waals surface area contributed by atoms with E-state index in [1.807, 2.05) is 6.92 Å². The third kappa shape index (κ3) is 5.40. The van der Waals surface area contributed by atoms with E-state index < -0.39 is 11.8 Å². The molecule has 0 radical (unpaired) electrons. The summed E-state index contributed by atoms with van der Waals surface area (Å²) in [5.74, 6) is -1.08. The minimum absolute atomic E-state index is 0.138. The highest BCUT2D eigenvalue weighted by Gasteiger charge is 2.20. The Balaban J connectivity index is 1.85. The van der Waals surface area contributed by atoms with E-state index in [9.17, 15) is 14.4 Å². The van der Waals surface area contributed by atoms with Gasteiger partial charge in [0.25, 0.3) is 11.8 Å². The van der Waals surface area contributed by atoms with Crippen molar-refractivity contribution < 1.29 is 19.1 Å². The molecule has 2 aromatic carbocycles. The summed E-state index contributed by atoms with van der Waals surface area (Å²) in [4.78, 5) is 37.1. The number of carbonyl (C=O) groups excluding carboxylic acids is 3. The van der Waals surface area contributed by atoms with Crippen LogP contribution >= 0.6 is 22.9 Å². The first kappa shape index (κ1) is 23.2. The van der Waals surface area contributed by atoms with Gasteiger partial charge in [0.05, 0.1) is 34.6 Å². The van der Waals surface area contributed by atoms with Crippen LogP contribution < -0.4 is 20.7 Å². The van der Waals surface area contributed by atoms with Crippen molar-refractivity contribution in [1.29, 1.82) is 0 Å². The van der Waals surface area contributed by atoms with Crippen molar-refractivity contribution in [2.75, 3.05) is 23.1 Å². The largest absolute Gasteiger partial charge is 0.496 e. The van der Waals surface area contributed by atoms with Gasteiger partial charge in [0.2, 0.25) is 11.0 Å². The van der Waals surface area contributed by atoms with Gasteiger partial charge in [-0.3, -0.25) is 19.7 Å². The van der Waals surface area contributed by atoms with Crippen LogP contribution in [0, 0.1) is 0 Å². The lowest BCUT2D eigenvalue weighted by molar-refractivity contribution is -0.114. The van der Waals surface area contributed by atoms with Gasteiger partial charge in [-0.2, -0.15) is 0 Å². The molecule has 3 N–H and O–H groups in total. The number of aromatic nitrogens is 2. The Kier molecular flexibility index (Phi) is 7.39. The number of nitrogens with zero attached hydrogens (tertiary/aromatic N) is 2. The Bertz CT molecular complexity index is 1180. The van der Waals surface area contributed by atoms with E-state index in [4.69, 9.17) is 16.3 Å². The van der Waals surface area contributed by atoms with Gasteiger partial charge < -0.3 is 15.4 Å². The molecule has 0 aliphatic rings. The maximum atomic E-state index is 13.0. The molecule has 1 aromatic heterocycles. The molecule has 0 saturated carbocycles. The minimum atomic E-state index is -0.539. The van der Waals surface area contributed by atoms with Gasteiger partial charge >= 0.3 is 0 Å². The van der Waals surface area contributed by atoms with Gasteiger partial charge in [0.1, 0.15) is 10.8 Å².